The first-order valence-corrected chi connectivity index (χ1v) is 8.04. The molecular weight excluding hydrogens is 280 g/mol. The predicted molar refractivity (Wildman–Crippen MR) is 76.0 cm³/mol. The zero-order valence-electron chi connectivity index (χ0n) is 11.5. The molecule has 1 aromatic rings. The van der Waals surface area contributed by atoms with Crippen LogP contribution in [0.5, 0.6) is 5.75 Å². The Morgan fingerprint density at radius 1 is 1.35 bits per heavy atom. The Bertz CT molecular complexity index is 527. The molecule has 1 N–H and O–H groups in total. The summed E-state index contributed by atoms with van der Waals surface area (Å²) in [6, 6.07) is 7.65. The lowest BCUT2D eigenvalue weighted by atomic mass is 10.2. The van der Waals surface area contributed by atoms with Gasteiger partial charge in [-0.05, 0) is 24.6 Å². The van der Waals surface area contributed by atoms with E-state index in [0.29, 0.717) is 32.9 Å². The van der Waals surface area contributed by atoms with E-state index < -0.39 is 10.2 Å². The third-order valence-electron chi connectivity index (χ3n) is 2.95. The van der Waals surface area contributed by atoms with Crippen LogP contribution < -0.4 is 9.46 Å². The quantitative estimate of drug-likeness (QED) is 0.779. The summed E-state index contributed by atoms with van der Waals surface area (Å²) in [4.78, 5) is 0. The summed E-state index contributed by atoms with van der Waals surface area (Å²) in [6.45, 7) is 4.21. The van der Waals surface area contributed by atoms with E-state index in [4.69, 9.17) is 9.47 Å². The van der Waals surface area contributed by atoms with Crippen LogP contribution in [-0.2, 0) is 14.9 Å². The fraction of sp³-hybridized carbons (Fsp3) is 0.538. The van der Waals surface area contributed by atoms with Crippen LogP contribution in [0.2, 0.25) is 0 Å². The molecule has 1 aliphatic heterocycles. The average Bonchev–Trinajstić information content (AvgIpc) is 2.45. The van der Waals surface area contributed by atoms with E-state index >= 15 is 0 Å². The fourth-order valence-electron chi connectivity index (χ4n) is 1.92. The van der Waals surface area contributed by atoms with Crippen LogP contribution in [0.15, 0.2) is 24.3 Å². The Morgan fingerprint density at radius 3 is 2.80 bits per heavy atom. The Hall–Kier alpha value is -1.15. The maximum Gasteiger partial charge on any atom is 0.279 e. The normalized spacial score (nSPS) is 17.1. The van der Waals surface area contributed by atoms with Crippen molar-refractivity contribution in [2.45, 2.75) is 6.92 Å². The second-order valence-electron chi connectivity index (χ2n) is 4.58. The highest BCUT2D eigenvalue weighted by Gasteiger charge is 2.23. The second kappa shape index (κ2) is 7.03. The Kier molecular flexibility index (Phi) is 5.36. The van der Waals surface area contributed by atoms with E-state index in [1.54, 1.807) is 0 Å². The first-order chi connectivity index (χ1) is 9.58. The summed E-state index contributed by atoms with van der Waals surface area (Å²) in [5, 5.41) is 0. The highest BCUT2D eigenvalue weighted by Crippen LogP contribution is 2.11. The number of benzene rings is 1. The lowest BCUT2D eigenvalue weighted by molar-refractivity contribution is 0.0724. The topological polar surface area (TPSA) is 67.9 Å². The number of rotatable bonds is 6. The molecule has 0 unspecified atom stereocenters. The molecule has 6 nitrogen and oxygen atoms in total. The van der Waals surface area contributed by atoms with Crippen LogP contribution in [0.1, 0.15) is 5.56 Å². The first-order valence-electron chi connectivity index (χ1n) is 6.60. The summed E-state index contributed by atoms with van der Waals surface area (Å²) in [7, 11) is -3.42. The average molecular weight is 300 g/mol. The Balaban J connectivity index is 1.75. The van der Waals surface area contributed by atoms with E-state index in [2.05, 4.69) is 4.72 Å². The lowest BCUT2D eigenvalue weighted by Crippen LogP contribution is -2.47. The minimum atomic E-state index is -3.42. The van der Waals surface area contributed by atoms with Crippen LogP contribution >= 0.6 is 0 Å². The Labute approximate surface area is 119 Å². The molecule has 1 heterocycles. The summed E-state index contributed by atoms with van der Waals surface area (Å²) in [6.07, 6.45) is 0. The zero-order chi connectivity index (χ0) is 14.4. The molecule has 0 aliphatic carbocycles. The largest absolute Gasteiger partial charge is 0.492 e. The van der Waals surface area contributed by atoms with Crippen LogP contribution in [-0.4, -0.2) is 52.2 Å². The van der Waals surface area contributed by atoms with Crippen LogP contribution in [0.25, 0.3) is 0 Å². The number of nitrogens with zero attached hydrogens (tertiary/aromatic N) is 1. The van der Waals surface area contributed by atoms with Gasteiger partial charge in [-0.25, -0.2) is 0 Å². The maximum atomic E-state index is 12.0. The summed E-state index contributed by atoms with van der Waals surface area (Å²) < 4.78 is 38.5. The summed E-state index contributed by atoms with van der Waals surface area (Å²) >= 11 is 0. The van der Waals surface area contributed by atoms with Gasteiger partial charge < -0.3 is 9.47 Å². The van der Waals surface area contributed by atoms with Gasteiger partial charge in [0.1, 0.15) is 12.4 Å². The third kappa shape index (κ3) is 4.45. The zero-order valence-corrected chi connectivity index (χ0v) is 12.4. The van der Waals surface area contributed by atoms with Gasteiger partial charge in [0.2, 0.25) is 0 Å². The Morgan fingerprint density at radius 2 is 2.10 bits per heavy atom. The van der Waals surface area contributed by atoms with Gasteiger partial charge in [-0.3, -0.25) is 0 Å². The molecule has 1 fully saturated rings. The molecule has 1 saturated heterocycles. The number of hydrogen-bond donors (Lipinski definition) is 1. The van der Waals surface area contributed by atoms with Gasteiger partial charge in [-0.15, -0.1) is 0 Å². The van der Waals surface area contributed by atoms with E-state index in [1.807, 2.05) is 31.2 Å². The second-order valence-corrected chi connectivity index (χ2v) is 6.33. The molecule has 0 bridgehead atoms. The smallest absolute Gasteiger partial charge is 0.279 e. The lowest BCUT2D eigenvalue weighted by Gasteiger charge is -2.26. The maximum absolute atomic E-state index is 12.0. The van der Waals surface area contributed by atoms with E-state index in [-0.39, 0.29) is 6.54 Å². The van der Waals surface area contributed by atoms with Crippen LogP contribution in [0.3, 0.4) is 0 Å². The molecule has 2 rings (SSSR count). The van der Waals surface area contributed by atoms with Gasteiger partial charge in [-0.2, -0.15) is 17.4 Å². The van der Waals surface area contributed by atoms with Gasteiger partial charge in [0, 0.05) is 19.6 Å². The number of morpholine rings is 1. The van der Waals surface area contributed by atoms with Gasteiger partial charge in [0.15, 0.2) is 0 Å². The summed E-state index contributed by atoms with van der Waals surface area (Å²) in [5.74, 6) is 0.746. The van der Waals surface area contributed by atoms with Crippen molar-refractivity contribution in [3.8, 4) is 5.75 Å². The highest BCUT2D eigenvalue weighted by atomic mass is 32.2. The molecule has 1 aliphatic rings. The number of hydrogen-bond acceptors (Lipinski definition) is 4. The number of ether oxygens (including phenoxy) is 2. The van der Waals surface area contributed by atoms with Gasteiger partial charge in [0.25, 0.3) is 10.2 Å². The number of nitrogens with one attached hydrogen (secondary N) is 1. The number of aryl methyl sites for hydroxylation is 1. The van der Waals surface area contributed by atoms with Crippen molar-refractivity contribution >= 4 is 10.2 Å². The van der Waals surface area contributed by atoms with Crippen molar-refractivity contribution in [3.63, 3.8) is 0 Å². The minimum absolute atomic E-state index is 0.244. The molecule has 20 heavy (non-hydrogen) atoms. The van der Waals surface area contributed by atoms with E-state index in [1.165, 1.54) is 4.31 Å². The molecule has 0 aromatic heterocycles. The SMILES string of the molecule is Cc1cccc(OCCNS(=O)(=O)N2CCOCC2)c1. The molecule has 0 spiro atoms. The van der Waals surface area contributed by atoms with Crippen molar-refractivity contribution in [1.29, 1.82) is 0 Å². The van der Waals surface area contributed by atoms with E-state index in [0.717, 1.165) is 11.3 Å². The summed E-state index contributed by atoms with van der Waals surface area (Å²) in [5.41, 5.74) is 1.11. The first kappa shape index (κ1) is 15.2. The highest BCUT2D eigenvalue weighted by molar-refractivity contribution is 7.87. The van der Waals surface area contributed by atoms with Crippen molar-refractivity contribution < 1.29 is 17.9 Å². The standard InChI is InChI=1S/C13H20N2O4S/c1-12-3-2-4-13(11-12)19-8-5-14-20(16,17)15-6-9-18-10-7-15/h2-4,11,14H,5-10H2,1H3. The third-order valence-corrected chi connectivity index (χ3v) is 4.57. The van der Waals surface area contributed by atoms with Crippen LogP contribution in [0, 0.1) is 6.92 Å². The van der Waals surface area contributed by atoms with Crippen molar-refractivity contribution in [2.24, 2.45) is 0 Å². The molecule has 0 amide bonds. The minimum Gasteiger partial charge on any atom is -0.492 e. The van der Waals surface area contributed by atoms with Gasteiger partial charge in [0.05, 0.1) is 13.2 Å². The molecule has 112 valence electrons. The van der Waals surface area contributed by atoms with Crippen molar-refractivity contribution in [2.75, 3.05) is 39.5 Å². The van der Waals surface area contributed by atoms with E-state index in [9.17, 15) is 8.42 Å². The fourth-order valence-corrected chi connectivity index (χ4v) is 3.08. The molecule has 7 heteroatoms. The molecular formula is C13H20N2O4S. The van der Waals surface area contributed by atoms with Crippen molar-refractivity contribution in [1.82, 2.24) is 9.03 Å². The van der Waals surface area contributed by atoms with Gasteiger partial charge in [-0.1, -0.05) is 12.1 Å². The van der Waals surface area contributed by atoms with Crippen molar-refractivity contribution in [3.05, 3.63) is 29.8 Å². The van der Waals surface area contributed by atoms with Gasteiger partial charge >= 0.3 is 0 Å². The molecule has 0 saturated carbocycles. The van der Waals surface area contributed by atoms with Crippen LogP contribution in [0.4, 0.5) is 0 Å². The molecule has 0 atom stereocenters. The predicted octanol–water partition coefficient (Wildman–Crippen LogP) is 0.540. The molecule has 1 aromatic carbocycles. The molecule has 0 radical (unpaired) electrons. The monoisotopic (exact) mass is 300 g/mol.